The predicted octanol–water partition coefficient (Wildman–Crippen LogP) is 4.18. The molecule has 0 aliphatic rings. The van der Waals surface area contributed by atoms with Gasteiger partial charge in [-0.2, -0.15) is 4.98 Å². The quantitative estimate of drug-likeness (QED) is 0.809. The standard InChI is InChI=1S/C16H19F3N4/c1-4-5-8-23(3)16-20-10(2)9-13(22-16)21-12-7-6-11(17)14(18)15(12)19/h6-7,9H,4-5,8H2,1-3H3,(H,20,21,22). The molecule has 1 N–H and O–H groups in total. The maximum atomic E-state index is 13.7. The largest absolute Gasteiger partial charge is 0.344 e. The van der Waals surface area contributed by atoms with Crippen LogP contribution in [0.1, 0.15) is 25.5 Å². The molecule has 0 aliphatic heterocycles. The Balaban J connectivity index is 2.27. The van der Waals surface area contributed by atoms with Crippen LogP contribution in [0.3, 0.4) is 0 Å². The van der Waals surface area contributed by atoms with Crippen molar-refractivity contribution in [2.45, 2.75) is 26.7 Å². The first-order valence-corrected chi connectivity index (χ1v) is 7.39. The van der Waals surface area contributed by atoms with Gasteiger partial charge in [-0.25, -0.2) is 18.2 Å². The van der Waals surface area contributed by atoms with Crippen LogP contribution < -0.4 is 10.2 Å². The number of hydrogen-bond acceptors (Lipinski definition) is 4. The molecule has 0 bridgehead atoms. The van der Waals surface area contributed by atoms with Gasteiger partial charge >= 0.3 is 0 Å². The van der Waals surface area contributed by atoms with E-state index in [1.165, 1.54) is 0 Å². The van der Waals surface area contributed by atoms with Crippen LogP contribution in [0.2, 0.25) is 0 Å². The molecule has 1 aromatic heterocycles. The molecule has 2 aromatic rings. The lowest BCUT2D eigenvalue weighted by Gasteiger charge is -2.18. The fourth-order valence-corrected chi connectivity index (χ4v) is 2.04. The summed E-state index contributed by atoms with van der Waals surface area (Å²) in [7, 11) is 1.87. The van der Waals surface area contributed by atoms with Crippen molar-refractivity contribution in [3.63, 3.8) is 0 Å². The second-order valence-electron chi connectivity index (χ2n) is 5.32. The fraction of sp³-hybridized carbons (Fsp3) is 0.375. The topological polar surface area (TPSA) is 41.1 Å². The third-order valence-electron chi connectivity index (χ3n) is 3.33. The minimum Gasteiger partial charge on any atom is -0.344 e. The summed E-state index contributed by atoms with van der Waals surface area (Å²) in [5.41, 5.74) is 0.507. The van der Waals surface area contributed by atoms with E-state index in [0.717, 1.165) is 31.5 Å². The molecular weight excluding hydrogens is 305 g/mol. The van der Waals surface area contributed by atoms with Gasteiger partial charge in [-0.15, -0.1) is 0 Å². The zero-order valence-electron chi connectivity index (χ0n) is 13.3. The Hall–Kier alpha value is -2.31. The summed E-state index contributed by atoms with van der Waals surface area (Å²) >= 11 is 0. The highest BCUT2D eigenvalue weighted by molar-refractivity contribution is 5.58. The Labute approximate surface area is 133 Å². The number of halogens is 3. The summed E-state index contributed by atoms with van der Waals surface area (Å²) in [5, 5.41) is 2.67. The van der Waals surface area contributed by atoms with Gasteiger partial charge in [-0.3, -0.25) is 0 Å². The van der Waals surface area contributed by atoms with Gasteiger partial charge in [-0.05, 0) is 25.5 Å². The van der Waals surface area contributed by atoms with Crippen molar-refractivity contribution in [3.8, 4) is 0 Å². The van der Waals surface area contributed by atoms with Crippen LogP contribution in [0, 0.1) is 24.4 Å². The highest BCUT2D eigenvalue weighted by atomic mass is 19.2. The number of nitrogens with one attached hydrogen (secondary N) is 1. The molecule has 0 atom stereocenters. The fourth-order valence-electron chi connectivity index (χ4n) is 2.04. The number of nitrogens with zero attached hydrogens (tertiary/aromatic N) is 3. The van der Waals surface area contributed by atoms with Gasteiger partial charge in [0.25, 0.3) is 0 Å². The molecule has 1 heterocycles. The predicted molar refractivity (Wildman–Crippen MR) is 84.5 cm³/mol. The molecule has 23 heavy (non-hydrogen) atoms. The third kappa shape index (κ3) is 4.12. The maximum absolute atomic E-state index is 13.7. The molecule has 0 saturated heterocycles. The van der Waals surface area contributed by atoms with Crippen molar-refractivity contribution in [2.24, 2.45) is 0 Å². The minimum absolute atomic E-state index is 0.177. The van der Waals surface area contributed by atoms with E-state index >= 15 is 0 Å². The Morgan fingerprint density at radius 2 is 1.87 bits per heavy atom. The molecule has 4 nitrogen and oxygen atoms in total. The highest BCUT2D eigenvalue weighted by Crippen LogP contribution is 2.24. The van der Waals surface area contributed by atoms with Crippen molar-refractivity contribution in [1.29, 1.82) is 0 Å². The first kappa shape index (κ1) is 17.1. The van der Waals surface area contributed by atoms with E-state index in [9.17, 15) is 13.2 Å². The van der Waals surface area contributed by atoms with Crippen molar-refractivity contribution in [1.82, 2.24) is 9.97 Å². The second kappa shape index (κ2) is 7.30. The van der Waals surface area contributed by atoms with E-state index in [0.29, 0.717) is 17.5 Å². The lowest BCUT2D eigenvalue weighted by molar-refractivity contribution is 0.449. The van der Waals surface area contributed by atoms with Gasteiger partial charge < -0.3 is 10.2 Å². The summed E-state index contributed by atoms with van der Waals surface area (Å²) in [6, 6.07) is 3.60. The molecule has 0 amide bonds. The first-order valence-electron chi connectivity index (χ1n) is 7.39. The lowest BCUT2D eigenvalue weighted by Crippen LogP contribution is -2.21. The Kier molecular flexibility index (Phi) is 5.41. The molecule has 0 saturated carbocycles. The summed E-state index contributed by atoms with van der Waals surface area (Å²) in [6.07, 6.45) is 2.04. The van der Waals surface area contributed by atoms with Gasteiger partial charge in [-0.1, -0.05) is 13.3 Å². The molecule has 7 heteroatoms. The molecule has 2 rings (SSSR count). The molecule has 1 aromatic carbocycles. The van der Waals surface area contributed by atoms with Gasteiger partial charge in [0.1, 0.15) is 5.82 Å². The number of aryl methyl sites for hydroxylation is 1. The minimum atomic E-state index is -1.51. The van der Waals surface area contributed by atoms with E-state index in [1.807, 2.05) is 11.9 Å². The van der Waals surface area contributed by atoms with Crippen LogP contribution in [-0.4, -0.2) is 23.6 Å². The van der Waals surface area contributed by atoms with E-state index < -0.39 is 17.5 Å². The second-order valence-corrected chi connectivity index (χ2v) is 5.32. The van der Waals surface area contributed by atoms with Crippen LogP contribution in [0.25, 0.3) is 0 Å². The molecule has 0 radical (unpaired) electrons. The Morgan fingerprint density at radius 1 is 1.13 bits per heavy atom. The van der Waals surface area contributed by atoms with Crippen molar-refractivity contribution < 1.29 is 13.2 Å². The third-order valence-corrected chi connectivity index (χ3v) is 3.33. The van der Waals surface area contributed by atoms with Crippen LogP contribution in [-0.2, 0) is 0 Å². The van der Waals surface area contributed by atoms with Gasteiger partial charge in [0, 0.05) is 25.4 Å². The zero-order valence-corrected chi connectivity index (χ0v) is 13.3. The van der Waals surface area contributed by atoms with Gasteiger partial charge in [0.2, 0.25) is 5.95 Å². The molecular formula is C16H19F3N4. The monoisotopic (exact) mass is 324 g/mol. The first-order chi connectivity index (χ1) is 10.9. The van der Waals surface area contributed by atoms with E-state index in [-0.39, 0.29) is 5.69 Å². The van der Waals surface area contributed by atoms with E-state index in [1.54, 1.807) is 13.0 Å². The number of anilines is 3. The molecule has 0 unspecified atom stereocenters. The average Bonchev–Trinajstić information content (AvgIpc) is 2.52. The number of benzene rings is 1. The maximum Gasteiger partial charge on any atom is 0.227 e. The SMILES string of the molecule is CCCCN(C)c1nc(C)cc(Nc2ccc(F)c(F)c2F)n1. The zero-order chi connectivity index (χ0) is 17.0. The highest BCUT2D eigenvalue weighted by Gasteiger charge is 2.14. The number of hydrogen-bond donors (Lipinski definition) is 1. The number of rotatable bonds is 6. The Morgan fingerprint density at radius 3 is 2.57 bits per heavy atom. The summed E-state index contributed by atoms with van der Waals surface area (Å²) in [5.74, 6) is -3.21. The number of aromatic nitrogens is 2. The van der Waals surface area contributed by atoms with Gasteiger partial charge in [0.05, 0.1) is 5.69 Å². The van der Waals surface area contributed by atoms with Crippen LogP contribution in [0.15, 0.2) is 18.2 Å². The molecule has 0 fully saturated rings. The summed E-state index contributed by atoms with van der Waals surface area (Å²) in [4.78, 5) is 10.5. The van der Waals surface area contributed by atoms with Crippen molar-refractivity contribution >= 4 is 17.5 Å². The molecule has 0 spiro atoms. The van der Waals surface area contributed by atoms with Crippen LogP contribution >= 0.6 is 0 Å². The summed E-state index contributed by atoms with van der Waals surface area (Å²) < 4.78 is 40.0. The smallest absolute Gasteiger partial charge is 0.227 e. The Bertz CT molecular complexity index is 691. The van der Waals surface area contributed by atoms with Crippen LogP contribution in [0.5, 0.6) is 0 Å². The van der Waals surface area contributed by atoms with Crippen LogP contribution in [0.4, 0.5) is 30.6 Å². The number of unbranched alkanes of at least 4 members (excludes halogenated alkanes) is 1. The lowest BCUT2D eigenvalue weighted by atomic mass is 10.2. The van der Waals surface area contributed by atoms with E-state index in [2.05, 4.69) is 22.2 Å². The normalized spacial score (nSPS) is 10.7. The van der Waals surface area contributed by atoms with Crippen molar-refractivity contribution in [2.75, 3.05) is 23.8 Å². The van der Waals surface area contributed by atoms with Crippen molar-refractivity contribution in [3.05, 3.63) is 41.3 Å². The average molecular weight is 324 g/mol. The molecule has 124 valence electrons. The van der Waals surface area contributed by atoms with Gasteiger partial charge in [0.15, 0.2) is 17.5 Å². The summed E-state index contributed by atoms with van der Waals surface area (Å²) in [6.45, 7) is 4.66. The van der Waals surface area contributed by atoms with E-state index in [4.69, 9.17) is 0 Å². The molecule has 0 aliphatic carbocycles.